The second-order valence-corrected chi connectivity index (χ2v) is 5.01. The number of hydrogen-bond donors (Lipinski definition) is 2. The summed E-state index contributed by atoms with van der Waals surface area (Å²) in [6, 6.07) is 12.5. The number of nitrogen functional groups attached to an aromatic ring is 1. The summed E-state index contributed by atoms with van der Waals surface area (Å²) in [7, 11) is 0. The Morgan fingerprint density at radius 1 is 1.10 bits per heavy atom. The number of nitrogens with two attached hydrogens (primary N) is 1. The normalized spacial score (nSPS) is 11.7. The molecule has 0 fully saturated rings. The maximum atomic E-state index is 9.00. The number of nitrogens with zero attached hydrogens (tertiary/aromatic N) is 1. The third-order valence-electron chi connectivity index (χ3n) is 2.77. The zero-order chi connectivity index (χ0) is 14.5. The summed E-state index contributed by atoms with van der Waals surface area (Å²) in [6.45, 7) is 0.223. The van der Waals surface area contributed by atoms with Crippen LogP contribution >= 0.6 is 23.2 Å². The SMILES string of the molecule is Nc1ccc(Cl)cc1C(=NCCO)c1ccccc1Cl. The molecule has 0 radical (unpaired) electrons. The number of rotatable bonds is 4. The van der Waals surface area contributed by atoms with Gasteiger partial charge in [-0.1, -0.05) is 41.4 Å². The molecule has 0 atom stereocenters. The van der Waals surface area contributed by atoms with E-state index >= 15 is 0 Å². The topological polar surface area (TPSA) is 58.6 Å². The van der Waals surface area contributed by atoms with Crippen LogP contribution in [0.25, 0.3) is 0 Å². The monoisotopic (exact) mass is 308 g/mol. The Bertz CT molecular complexity index is 642. The quantitative estimate of drug-likeness (QED) is 0.672. The molecule has 3 N–H and O–H groups in total. The van der Waals surface area contributed by atoms with Crippen molar-refractivity contribution in [1.29, 1.82) is 0 Å². The summed E-state index contributed by atoms with van der Waals surface area (Å²) in [5.41, 5.74) is 8.66. The van der Waals surface area contributed by atoms with Crippen LogP contribution in [0.5, 0.6) is 0 Å². The van der Waals surface area contributed by atoms with E-state index in [-0.39, 0.29) is 13.2 Å². The number of hydrogen-bond acceptors (Lipinski definition) is 3. The fourth-order valence-corrected chi connectivity index (χ4v) is 2.26. The van der Waals surface area contributed by atoms with Crippen molar-refractivity contribution >= 4 is 34.6 Å². The average molecular weight is 309 g/mol. The molecule has 0 unspecified atom stereocenters. The highest BCUT2D eigenvalue weighted by Crippen LogP contribution is 2.25. The fourth-order valence-electron chi connectivity index (χ4n) is 1.86. The van der Waals surface area contributed by atoms with Crippen molar-refractivity contribution < 1.29 is 5.11 Å². The van der Waals surface area contributed by atoms with Gasteiger partial charge in [-0.2, -0.15) is 0 Å². The molecule has 0 saturated heterocycles. The third-order valence-corrected chi connectivity index (χ3v) is 3.33. The number of aliphatic hydroxyl groups excluding tert-OH is 1. The Morgan fingerprint density at radius 2 is 1.85 bits per heavy atom. The molecule has 5 heteroatoms. The van der Waals surface area contributed by atoms with Crippen LogP contribution in [0.4, 0.5) is 5.69 Å². The minimum atomic E-state index is -0.0472. The molecule has 0 spiro atoms. The van der Waals surface area contributed by atoms with Crippen LogP contribution in [-0.2, 0) is 0 Å². The van der Waals surface area contributed by atoms with E-state index in [0.717, 1.165) is 5.56 Å². The summed E-state index contributed by atoms with van der Waals surface area (Å²) < 4.78 is 0. The number of aliphatic hydroxyl groups is 1. The summed E-state index contributed by atoms with van der Waals surface area (Å²) in [6.07, 6.45) is 0. The van der Waals surface area contributed by atoms with Crippen LogP contribution in [0.1, 0.15) is 11.1 Å². The van der Waals surface area contributed by atoms with E-state index in [1.54, 1.807) is 24.3 Å². The van der Waals surface area contributed by atoms with Gasteiger partial charge in [-0.25, -0.2) is 0 Å². The van der Waals surface area contributed by atoms with Gasteiger partial charge in [0.15, 0.2) is 0 Å². The Morgan fingerprint density at radius 3 is 2.55 bits per heavy atom. The molecule has 0 aliphatic heterocycles. The molecule has 0 aromatic heterocycles. The highest BCUT2D eigenvalue weighted by Gasteiger charge is 2.13. The largest absolute Gasteiger partial charge is 0.398 e. The van der Waals surface area contributed by atoms with Gasteiger partial charge in [-0.3, -0.25) is 4.99 Å². The highest BCUT2D eigenvalue weighted by molar-refractivity contribution is 6.36. The second kappa shape index (κ2) is 6.75. The van der Waals surface area contributed by atoms with Crippen LogP contribution in [0.3, 0.4) is 0 Å². The first-order valence-electron chi connectivity index (χ1n) is 6.09. The van der Waals surface area contributed by atoms with Crippen molar-refractivity contribution in [3.8, 4) is 0 Å². The first-order valence-corrected chi connectivity index (χ1v) is 6.84. The molecule has 0 heterocycles. The van der Waals surface area contributed by atoms with Crippen LogP contribution in [0.2, 0.25) is 10.0 Å². The summed E-state index contributed by atoms with van der Waals surface area (Å²) in [5, 5.41) is 10.1. The van der Waals surface area contributed by atoms with E-state index < -0.39 is 0 Å². The zero-order valence-electron chi connectivity index (χ0n) is 10.7. The van der Waals surface area contributed by atoms with Crippen molar-refractivity contribution in [3.05, 3.63) is 63.6 Å². The summed E-state index contributed by atoms with van der Waals surface area (Å²) >= 11 is 12.3. The van der Waals surface area contributed by atoms with Gasteiger partial charge >= 0.3 is 0 Å². The molecular weight excluding hydrogens is 295 g/mol. The predicted molar refractivity (Wildman–Crippen MR) is 84.9 cm³/mol. The van der Waals surface area contributed by atoms with Crippen molar-refractivity contribution in [2.24, 2.45) is 4.99 Å². The van der Waals surface area contributed by atoms with Gasteiger partial charge < -0.3 is 10.8 Å². The Balaban J connectivity index is 2.60. The Hall–Kier alpha value is -1.55. The molecule has 0 bridgehead atoms. The lowest BCUT2D eigenvalue weighted by Crippen LogP contribution is -2.09. The number of benzene rings is 2. The zero-order valence-corrected chi connectivity index (χ0v) is 12.2. The molecule has 2 aromatic carbocycles. The fraction of sp³-hybridized carbons (Fsp3) is 0.133. The summed E-state index contributed by atoms with van der Waals surface area (Å²) in [5.74, 6) is 0. The van der Waals surface area contributed by atoms with E-state index in [1.807, 2.05) is 18.2 Å². The van der Waals surface area contributed by atoms with Crippen LogP contribution in [0.15, 0.2) is 47.5 Å². The van der Waals surface area contributed by atoms with Crippen LogP contribution < -0.4 is 5.73 Å². The van der Waals surface area contributed by atoms with Gasteiger partial charge in [0.05, 0.1) is 18.9 Å². The molecule has 2 aromatic rings. The molecule has 0 aliphatic rings. The molecule has 0 amide bonds. The number of anilines is 1. The molecule has 2 rings (SSSR count). The lowest BCUT2D eigenvalue weighted by molar-refractivity contribution is 0.307. The molecule has 0 saturated carbocycles. The summed E-state index contributed by atoms with van der Waals surface area (Å²) in [4.78, 5) is 4.39. The number of halogens is 2. The minimum absolute atomic E-state index is 0.0472. The van der Waals surface area contributed by atoms with Gasteiger partial charge in [-0.05, 0) is 24.3 Å². The van der Waals surface area contributed by atoms with Crippen molar-refractivity contribution in [3.63, 3.8) is 0 Å². The first-order chi connectivity index (χ1) is 9.63. The molecule has 3 nitrogen and oxygen atoms in total. The van der Waals surface area contributed by atoms with E-state index in [2.05, 4.69) is 4.99 Å². The highest BCUT2D eigenvalue weighted by atomic mass is 35.5. The molecule has 0 aliphatic carbocycles. The smallest absolute Gasteiger partial charge is 0.0756 e. The van der Waals surface area contributed by atoms with E-state index in [0.29, 0.717) is 27.0 Å². The van der Waals surface area contributed by atoms with Crippen molar-refractivity contribution in [2.45, 2.75) is 0 Å². The van der Waals surface area contributed by atoms with Gasteiger partial charge in [-0.15, -0.1) is 0 Å². The molecular formula is C15H14Cl2N2O. The molecule has 104 valence electrons. The maximum absolute atomic E-state index is 9.00. The third kappa shape index (κ3) is 3.31. The average Bonchev–Trinajstić information content (AvgIpc) is 2.44. The lowest BCUT2D eigenvalue weighted by atomic mass is 10.0. The predicted octanol–water partition coefficient (Wildman–Crippen LogP) is 3.41. The van der Waals surface area contributed by atoms with Crippen molar-refractivity contribution in [1.82, 2.24) is 0 Å². The van der Waals surface area contributed by atoms with E-state index in [9.17, 15) is 0 Å². The number of aliphatic imine (C=N–C) groups is 1. The lowest BCUT2D eigenvalue weighted by Gasteiger charge is -2.12. The standard InChI is InChI=1S/C15H14Cl2N2O/c16-10-5-6-14(18)12(9-10)15(19-7-8-20)11-3-1-2-4-13(11)17/h1-6,9,20H,7-8,18H2. The maximum Gasteiger partial charge on any atom is 0.0756 e. The second-order valence-electron chi connectivity index (χ2n) is 4.17. The van der Waals surface area contributed by atoms with Gasteiger partial charge in [0.2, 0.25) is 0 Å². The van der Waals surface area contributed by atoms with Crippen LogP contribution in [-0.4, -0.2) is 24.0 Å². The van der Waals surface area contributed by atoms with E-state index in [1.165, 1.54) is 0 Å². The minimum Gasteiger partial charge on any atom is -0.398 e. The van der Waals surface area contributed by atoms with Gasteiger partial charge in [0.1, 0.15) is 0 Å². The van der Waals surface area contributed by atoms with Gasteiger partial charge in [0, 0.05) is 26.9 Å². The van der Waals surface area contributed by atoms with Crippen molar-refractivity contribution in [2.75, 3.05) is 18.9 Å². The van der Waals surface area contributed by atoms with Gasteiger partial charge in [0.25, 0.3) is 0 Å². The molecule has 20 heavy (non-hydrogen) atoms. The van der Waals surface area contributed by atoms with Crippen LogP contribution in [0, 0.1) is 0 Å². The Labute approximate surface area is 127 Å². The first kappa shape index (κ1) is 14.9. The Kier molecular flexibility index (Phi) is 5.01. The van der Waals surface area contributed by atoms with E-state index in [4.69, 9.17) is 34.0 Å².